The predicted molar refractivity (Wildman–Crippen MR) is 96.2 cm³/mol. The molecule has 0 spiro atoms. The highest BCUT2D eigenvalue weighted by molar-refractivity contribution is 6.05. The van der Waals surface area contributed by atoms with Crippen molar-refractivity contribution in [3.8, 4) is 0 Å². The average molecular weight is 322 g/mol. The van der Waals surface area contributed by atoms with Crippen molar-refractivity contribution in [3.63, 3.8) is 0 Å². The molecule has 0 aromatic carbocycles. The standard InChI is InChI=1S/C19H34N2O2/c1-11-13(17(3,4)5)22-15(20-11)19(9,10)16-21-12(2)14(23-16)18(6,7)8/h11-14H,1-10H3. The molecule has 0 aliphatic carbocycles. The van der Waals surface area contributed by atoms with Crippen LogP contribution in [0, 0.1) is 16.2 Å². The molecule has 0 saturated heterocycles. The van der Waals surface area contributed by atoms with E-state index in [1.165, 1.54) is 0 Å². The summed E-state index contributed by atoms with van der Waals surface area (Å²) in [7, 11) is 0. The van der Waals surface area contributed by atoms with Gasteiger partial charge in [0.1, 0.15) is 17.6 Å². The molecule has 0 aromatic rings. The quantitative estimate of drug-likeness (QED) is 0.752. The number of nitrogens with zero attached hydrogens (tertiary/aromatic N) is 2. The SMILES string of the molecule is CC1N=C(C(C)(C)C2=NC(C)C(C(C)(C)C)O2)OC1C(C)(C)C. The van der Waals surface area contributed by atoms with Crippen molar-refractivity contribution in [1.82, 2.24) is 0 Å². The van der Waals surface area contributed by atoms with Crippen molar-refractivity contribution in [2.45, 2.75) is 93.5 Å². The minimum absolute atomic E-state index is 0.0559. The first-order valence-corrected chi connectivity index (χ1v) is 8.74. The zero-order valence-electron chi connectivity index (χ0n) is 16.5. The van der Waals surface area contributed by atoms with Crippen LogP contribution in [0.4, 0.5) is 0 Å². The van der Waals surface area contributed by atoms with Gasteiger partial charge in [-0.15, -0.1) is 0 Å². The van der Waals surface area contributed by atoms with Gasteiger partial charge < -0.3 is 9.47 Å². The van der Waals surface area contributed by atoms with Gasteiger partial charge in [0.05, 0.1) is 12.1 Å². The summed E-state index contributed by atoms with van der Waals surface area (Å²) in [5, 5.41) is 0. The molecule has 2 aliphatic heterocycles. The van der Waals surface area contributed by atoms with Crippen LogP contribution in [0.2, 0.25) is 0 Å². The van der Waals surface area contributed by atoms with Gasteiger partial charge in [0.15, 0.2) is 11.8 Å². The minimum atomic E-state index is -0.428. The summed E-state index contributed by atoms with van der Waals surface area (Å²) in [5.41, 5.74) is -0.316. The smallest absolute Gasteiger partial charge is 0.199 e. The number of aliphatic imine (C=N–C) groups is 2. The molecule has 0 aromatic heterocycles. The van der Waals surface area contributed by atoms with E-state index in [-0.39, 0.29) is 35.1 Å². The van der Waals surface area contributed by atoms with Crippen LogP contribution >= 0.6 is 0 Å². The van der Waals surface area contributed by atoms with E-state index in [0.29, 0.717) is 0 Å². The fourth-order valence-electron chi connectivity index (χ4n) is 3.51. The van der Waals surface area contributed by atoms with Gasteiger partial charge in [-0.2, -0.15) is 0 Å². The maximum Gasteiger partial charge on any atom is 0.199 e. The third-order valence-corrected chi connectivity index (χ3v) is 4.77. The van der Waals surface area contributed by atoms with E-state index in [9.17, 15) is 0 Å². The molecule has 23 heavy (non-hydrogen) atoms. The lowest BCUT2D eigenvalue weighted by Crippen LogP contribution is -2.40. The topological polar surface area (TPSA) is 43.2 Å². The second-order valence-corrected chi connectivity index (χ2v) is 9.78. The van der Waals surface area contributed by atoms with E-state index in [0.717, 1.165) is 11.8 Å². The first-order chi connectivity index (χ1) is 10.2. The maximum atomic E-state index is 6.26. The van der Waals surface area contributed by atoms with Gasteiger partial charge in [-0.25, -0.2) is 9.98 Å². The van der Waals surface area contributed by atoms with Gasteiger partial charge in [-0.1, -0.05) is 41.5 Å². The number of rotatable bonds is 2. The molecule has 2 aliphatic rings. The van der Waals surface area contributed by atoms with Crippen LogP contribution in [-0.2, 0) is 9.47 Å². The predicted octanol–water partition coefficient (Wildman–Crippen LogP) is 4.48. The molecule has 4 heteroatoms. The van der Waals surface area contributed by atoms with Gasteiger partial charge in [-0.3, -0.25) is 0 Å². The maximum absolute atomic E-state index is 6.26. The van der Waals surface area contributed by atoms with E-state index >= 15 is 0 Å². The largest absolute Gasteiger partial charge is 0.474 e. The van der Waals surface area contributed by atoms with Crippen LogP contribution < -0.4 is 0 Å². The van der Waals surface area contributed by atoms with Crippen LogP contribution in [-0.4, -0.2) is 36.1 Å². The fourth-order valence-corrected chi connectivity index (χ4v) is 3.51. The number of hydrogen-bond acceptors (Lipinski definition) is 4. The zero-order chi connectivity index (χ0) is 17.8. The highest BCUT2D eigenvalue weighted by atomic mass is 16.5. The lowest BCUT2D eigenvalue weighted by atomic mass is 9.85. The van der Waals surface area contributed by atoms with Gasteiger partial charge >= 0.3 is 0 Å². The summed E-state index contributed by atoms with van der Waals surface area (Å²) in [6.07, 6.45) is 0.184. The monoisotopic (exact) mass is 322 g/mol. The minimum Gasteiger partial charge on any atom is -0.474 e. The van der Waals surface area contributed by atoms with Gasteiger partial charge in [0.25, 0.3) is 0 Å². The van der Waals surface area contributed by atoms with Gasteiger partial charge in [0.2, 0.25) is 0 Å². The molecule has 4 atom stereocenters. The summed E-state index contributed by atoms with van der Waals surface area (Å²) in [5.74, 6) is 1.51. The molecule has 0 fully saturated rings. The first-order valence-electron chi connectivity index (χ1n) is 8.74. The van der Waals surface area contributed by atoms with Crippen molar-refractivity contribution < 1.29 is 9.47 Å². The highest BCUT2D eigenvalue weighted by Gasteiger charge is 2.48. The van der Waals surface area contributed by atoms with E-state index < -0.39 is 5.41 Å². The molecule has 132 valence electrons. The molecule has 2 heterocycles. The van der Waals surface area contributed by atoms with Gasteiger partial charge in [0, 0.05) is 10.8 Å². The highest BCUT2D eigenvalue weighted by Crippen LogP contribution is 2.39. The fraction of sp³-hybridized carbons (Fsp3) is 0.895. The van der Waals surface area contributed by atoms with Crippen molar-refractivity contribution in [2.75, 3.05) is 0 Å². The molecular formula is C19H34N2O2. The summed E-state index contributed by atoms with van der Waals surface area (Å²) in [6.45, 7) is 21.6. The molecule has 0 amide bonds. The Kier molecular flexibility index (Phi) is 4.36. The summed E-state index contributed by atoms with van der Waals surface area (Å²) < 4.78 is 12.5. The van der Waals surface area contributed by atoms with Crippen LogP contribution in [0.25, 0.3) is 0 Å². The van der Waals surface area contributed by atoms with Crippen molar-refractivity contribution in [2.24, 2.45) is 26.2 Å². The average Bonchev–Trinajstić information content (AvgIpc) is 2.91. The molecular weight excluding hydrogens is 288 g/mol. The van der Waals surface area contributed by atoms with Crippen molar-refractivity contribution in [1.29, 1.82) is 0 Å². The second-order valence-electron chi connectivity index (χ2n) is 9.78. The van der Waals surface area contributed by atoms with E-state index in [1.54, 1.807) is 0 Å². The van der Waals surface area contributed by atoms with Crippen LogP contribution in [0.1, 0.15) is 69.2 Å². The van der Waals surface area contributed by atoms with Crippen LogP contribution in [0.5, 0.6) is 0 Å². The Labute approximate surface area is 141 Å². The van der Waals surface area contributed by atoms with Crippen molar-refractivity contribution in [3.05, 3.63) is 0 Å². The second kappa shape index (κ2) is 5.49. The van der Waals surface area contributed by atoms with Crippen LogP contribution in [0.3, 0.4) is 0 Å². The Hall–Kier alpha value is -1.06. The Morgan fingerprint density at radius 2 is 0.957 bits per heavy atom. The van der Waals surface area contributed by atoms with Crippen LogP contribution in [0.15, 0.2) is 9.98 Å². The Balaban J connectivity index is 2.21. The molecule has 0 saturated carbocycles. The normalized spacial score (nSPS) is 32.3. The van der Waals surface area contributed by atoms with Gasteiger partial charge in [-0.05, 0) is 27.7 Å². The lowest BCUT2D eigenvalue weighted by molar-refractivity contribution is 0.0623. The number of hydrogen-bond donors (Lipinski definition) is 0. The summed E-state index contributed by atoms with van der Waals surface area (Å²) >= 11 is 0. The molecule has 0 bridgehead atoms. The zero-order valence-corrected chi connectivity index (χ0v) is 16.5. The number of ether oxygens (including phenoxy) is 2. The summed E-state index contributed by atoms with van der Waals surface area (Å²) in [4.78, 5) is 9.60. The Morgan fingerprint density at radius 1 is 0.652 bits per heavy atom. The third kappa shape index (κ3) is 3.41. The van der Waals surface area contributed by atoms with Crippen molar-refractivity contribution >= 4 is 11.8 Å². The molecule has 2 rings (SSSR count). The molecule has 4 unspecified atom stereocenters. The first kappa shape index (κ1) is 18.3. The molecule has 0 radical (unpaired) electrons. The molecule has 0 N–H and O–H groups in total. The molecule has 4 nitrogen and oxygen atoms in total. The Bertz CT molecular complexity index is 474. The van der Waals surface area contributed by atoms with E-state index in [2.05, 4.69) is 69.2 Å². The third-order valence-electron chi connectivity index (χ3n) is 4.77. The lowest BCUT2D eigenvalue weighted by Gasteiger charge is -2.32. The Morgan fingerprint density at radius 3 is 1.17 bits per heavy atom. The van der Waals surface area contributed by atoms with E-state index in [4.69, 9.17) is 19.5 Å². The van der Waals surface area contributed by atoms with E-state index in [1.807, 2.05) is 0 Å². The summed E-state index contributed by atoms with van der Waals surface area (Å²) in [6, 6.07) is 0.309.